The molecule has 0 fully saturated rings. The van der Waals surface area contributed by atoms with Gasteiger partial charge < -0.3 is 10.4 Å². The molecule has 21 heavy (non-hydrogen) atoms. The van der Waals surface area contributed by atoms with E-state index in [-0.39, 0.29) is 17.8 Å². The van der Waals surface area contributed by atoms with Gasteiger partial charge in [-0.05, 0) is 31.5 Å². The molecule has 1 aromatic carbocycles. The Hall–Kier alpha value is -1.64. The number of benzene rings is 1. The van der Waals surface area contributed by atoms with Crippen molar-refractivity contribution in [2.75, 3.05) is 19.4 Å². The first kappa shape index (κ1) is 17.4. The first-order chi connectivity index (χ1) is 9.97. The molecule has 0 saturated heterocycles. The molecule has 0 aliphatic carbocycles. The third-order valence-corrected chi connectivity index (χ3v) is 4.45. The standard InChI is InChI=1S/C16H21NO3S/c1-12(21(3)20)11-17-16(19)15-9-6-8-14(13(15)2)7-4-5-10-18/h6,8-9,12,18H,5,10-11H2,1-3H3,(H,17,19). The largest absolute Gasteiger partial charge is 0.395 e. The lowest BCUT2D eigenvalue weighted by Gasteiger charge is -2.12. The van der Waals surface area contributed by atoms with Gasteiger partial charge in [0.1, 0.15) is 0 Å². The van der Waals surface area contributed by atoms with Gasteiger partial charge in [-0.15, -0.1) is 0 Å². The maximum absolute atomic E-state index is 12.2. The third kappa shape index (κ3) is 5.33. The molecule has 5 heteroatoms. The van der Waals surface area contributed by atoms with Crippen molar-refractivity contribution in [1.82, 2.24) is 5.32 Å². The molecule has 0 aromatic heterocycles. The van der Waals surface area contributed by atoms with Gasteiger partial charge in [0.2, 0.25) is 0 Å². The molecular weight excluding hydrogens is 286 g/mol. The predicted octanol–water partition coefficient (Wildman–Crippen LogP) is 1.23. The summed E-state index contributed by atoms with van der Waals surface area (Å²) in [5.74, 6) is 5.62. The zero-order chi connectivity index (χ0) is 15.8. The lowest BCUT2D eigenvalue weighted by atomic mass is 10.0. The van der Waals surface area contributed by atoms with Gasteiger partial charge in [-0.1, -0.05) is 17.9 Å². The van der Waals surface area contributed by atoms with Crippen LogP contribution in [-0.2, 0) is 10.8 Å². The molecule has 0 saturated carbocycles. The Balaban J connectivity index is 2.84. The molecule has 0 spiro atoms. The van der Waals surface area contributed by atoms with Gasteiger partial charge in [0.15, 0.2) is 0 Å². The average Bonchev–Trinajstić information content (AvgIpc) is 2.46. The van der Waals surface area contributed by atoms with Crippen LogP contribution in [0.15, 0.2) is 18.2 Å². The van der Waals surface area contributed by atoms with Crippen LogP contribution in [0.1, 0.15) is 34.8 Å². The van der Waals surface area contributed by atoms with E-state index in [0.29, 0.717) is 18.5 Å². The highest BCUT2D eigenvalue weighted by Crippen LogP contribution is 2.13. The number of rotatable bonds is 5. The van der Waals surface area contributed by atoms with Crippen LogP contribution in [0.25, 0.3) is 0 Å². The quantitative estimate of drug-likeness (QED) is 0.804. The van der Waals surface area contributed by atoms with Crippen LogP contribution in [0.3, 0.4) is 0 Å². The van der Waals surface area contributed by atoms with Crippen LogP contribution in [0.5, 0.6) is 0 Å². The number of carbonyl (C=O) groups is 1. The Morgan fingerprint density at radius 1 is 1.48 bits per heavy atom. The van der Waals surface area contributed by atoms with E-state index in [4.69, 9.17) is 5.11 Å². The normalized spacial score (nSPS) is 13.0. The van der Waals surface area contributed by atoms with E-state index in [9.17, 15) is 9.00 Å². The summed E-state index contributed by atoms with van der Waals surface area (Å²) in [6.45, 7) is 4.08. The summed E-state index contributed by atoms with van der Waals surface area (Å²) >= 11 is 0. The van der Waals surface area contributed by atoms with Crippen molar-refractivity contribution in [2.24, 2.45) is 0 Å². The number of amides is 1. The fourth-order valence-corrected chi connectivity index (χ4v) is 2.00. The van der Waals surface area contributed by atoms with Crippen molar-refractivity contribution in [2.45, 2.75) is 25.5 Å². The van der Waals surface area contributed by atoms with Crippen molar-refractivity contribution in [3.8, 4) is 11.8 Å². The molecule has 0 radical (unpaired) electrons. The van der Waals surface area contributed by atoms with E-state index >= 15 is 0 Å². The van der Waals surface area contributed by atoms with Gasteiger partial charge in [0.25, 0.3) is 5.91 Å². The second-order valence-corrected chi connectivity index (χ2v) is 6.57. The molecule has 114 valence electrons. The molecule has 1 aromatic rings. The summed E-state index contributed by atoms with van der Waals surface area (Å²) in [4.78, 5) is 12.2. The smallest absolute Gasteiger partial charge is 0.251 e. The molecule has 2 atom stereocenters. The SMILES string of the molecule is Cc1c(C#CCCO)cccc1C(=O)NCC(C)S(C)=O. The highest BCUT2D eigenvalue weighted by molar-refractivity contribution is 7.84. The molecule has 0 aliphatic heterocycles. The van der Waals surface area contributed by atoms with Crippen molar-refractivity contribution in [3.63, 3.8) is 0 Å². The summed E-state index contributed by atoms with van der Waals surface area (Å²) in [5, 5.41) is 11.4. The average molecular weight is 307 g/mol. The summed E-state index contributed by atoms with van der Waals surface area (Å²) < 4.78 is 11.3. The topological polar surface area (TPSA) is 66.4 Å². The number of hydrogen-bond donors (Lipinski definition) is 2. The maximum Gasteiger partial charge on any atom is 0.251 e. The van der Waals surface area contributed by atoms with E-state index < -0.39 is 10.8 Å². The van der Waals surface area contributed by atoms with Gasteiger partial charge in [0, 0.05) is 46.4 Å². The third-order valence-electron chi connectivity index (χ3n) is 3.15. The lowest BCUT2D eigenvalue weighted by Crippen LogP contribution is -2.33. The van der Waals surface area contributed by atoms with Crippen molar-refractivity contribution < 1.29 is 14.1 Å². The zero-order valence-corrected chi connectivity index (χ0v) is 13.4. The molecule has 1 amide bonds. The Kier molecular flexibility index (Phi) is 7.13. The van der Waals surface area contributed by atoms with E-state index in [1.807, 2.05) is 19.9 Å². The van der Waals surface area contributed by atoms with Crippen molar-refractivity contribution in [1.29, 1.82) is 0 Å². The number of hydrogen-bond acceptors (Lipinski definition) is 3. The number of aliphatic hydroxyl groups excluding tert-OH is 1. The van der Waals surface area contributed by atoms with Gasteiger partial charge in [-0.2, -0.15) is 0 Å². The minimum atomic E-state index is -0.959. The molecule has 0 bridgehead atoms. The first-order valence-corrected chi connectivity index (χ1v) is 8.39. The highest BCUT2D eigenvalue weighted by Gasteiger charge is 2.13. The molecule has 2 unspecified atom stereocenters. The van der Waals surface area contributed by atoms with E-state index in [1.54, 1.807) is 18.4 Å². The van der Waals surface area contributed by atoms with E-state index in [2.05, 4.69) is 17.2 Å². The number of aliphatic hydroxyl groups is 1. The lowest BCUT2D eigenvalue weighted by molar-refractivity contribution is 0.0953. The van der Waals surface area contributed by atoms with Gasteiger partial charge in [-0.3, -0.25) is 9.00 Å². The van der Waals surface area contributed by atoms with E-state index in [1.165, 1.54) is 0 Å². The van der Waals surface area contributed by atoms with Crippen LogP contribution in [0.2, 0.25) is 0 Å². The van der Waals surface area contributed by atoms with Gasteiger partial charge in [0.05, 0.1) is 6.61 Å². The first-order valence-electron chi connectivity index (χ1n) is 6.77. The molecule has 0 aliphatic rings. The van der Waals surface area contributed by atoms with Crippen molar-refractivity contribution in [3.05, 3.63) is 34.9 Å². The molecule has 2 N–H and O–H groups in total. The Morgan fingerprint density at radius 3 is 2.81 bits per heavy atom. The predicted molar refractivity (Wildman–Crippen MR) is 85.6 cm³/mol. The monoisotopic (exact) mass is 307 g/mol. The van der Waals surface area contributed by atoms with Crippen LogP contribution in [0.4, 0.5) is 0 Å². The Labute approximate surface area is 128 Å². The summed E-state index contributed by atoms with van der Waals surface area (Å²) in [7, 11) is -0.959. The van der Waals surface area contributed by atoms with Crippen LogP contribution >= 0.6 is 0 Å². The van der Waals surface area contributed by atoms with Crippen LogP contribution < -0.4 is 5.32 Å². The fourth-order valence-electron chi connectivity index (χ4n) is 1.68. The second-order valence-electron chi connectivity index (χ2n) is 4.77. The minimum Gasteiger partial charge on any atom is -0.395 e. The van der Waals surface area contributed by atoms with Gasteiger partial charge in [-0.25, -0.2) is 0 Å². The second kappa shape index (κ2) is 8.60. The highest BCUT2D eigenvalue weighted by atomic mass is 32.2. The zero-order valence-electron chi connectivity index (χ0n) is 12.6. The molecule has 0 heterocycles. The molecule has 1 rings (SSSR count). The van der Waals surface area contributed by atoms with Crippen molar-refractivity contribution >= 4 is 16.7 Å². The molecular formula is C16H21NO3S. The maximum atomic E-state index is 12.2. The number of carbonyl (C=O) groups excluding carboxylic acids is 1. The summed E-state index contributed by atoms with van der Waals surface area (Å²) in [6, 6.07) is 5.38. The summed E-state index contributed by atoms with van der Waals surface area (Å²) in [6.07, 6.45) is 2.04. The molecule has 4 nitrogen and oxygen atoms in total. The summed E-state index contributed by atoms with van der Waals surface area (Å²) in [5.41, 5.74) is 2.16. The van der Waals surface area contributed by atoms with Crippen LogP contribution in [0, 0.1) is 18.8 Å². The Morgan fingerprint density at radius 2 is 2.19 bits per heavy atom. The van der Waals surface area contributed by atoms with Crippen LogP contribution in [-0.4, -0.2) is 39.9 Å². The fraction of sp³-hybridized carbons (Fsp3) is 0.438. The minimum absolute atomic E-state index is 0.0261. The van der Waals surface area contributed by atoms with Gasteiger partial charge >= 0.3 is 0 Å². The number of nitrogens with one attached hydrogen (secondary N) is 1. The van der Waals surface area contributed by atoms with E-state index in [0.717, 1.165) is 11.1 Å². The Bertz CT molecular complexity index is 587.